The molecule has 0 saturated heterocycles. The number of ether oxygens (including phenoxy) is 1. The summed E-state index contributed by atoms with van der Waals surface area (Å²) in [5.41, 5.74) is -2.03. The second-order valence-corrected chi connectivity index (χ2v) is 6.67. The maximum atomic E-state index is 12.9. The van der Waals surface area contributed by atoms with E-state index in [0.29, 0.717) is 0 Å². The molecular formula is C22H17F3O6. The molecule has 2 aromatic carbocycles. The number of para-hydroxylation sites is 1. The highest BCUT2D eigenvalue weighted by Crippen LogP contribution is 2.37. The van der Waals surface area contributed by atoms with E-state index in [1.807, 2.05) is 0 Å². The molecular weight excluding hydrogens is 417 g/mol. The van der Waals surface area contributed by atoms with Crippen molar-refractivity contribution in [3.8, 4) is 5.75 Å². The average molecular weight is 434 g/mol. The highest BCUT2D eigenvalue weighted by Gasteiger charge is 2.32. The predicted molar refractivity (Wildman–Crippen MR) is 104 cm³/mol. The van der Waals surface area contributed by atoms with Gasteiger partial charge in [-0.1, -0.05) is 24.3 Å². The van der Waals surface area contributed by atoms with Crippen LogP contribution in [0.1, 0.15) is 36.0 Å². The Labute approximate surface area is 173 Å². The van der Waals surface area contributed by atoms with Gasteiger partial charge in [-0.2, -0.15) is 13.2 Å². The van der Waals surface area contributed by atoms with Crippen molar-refractivity contribution in [2.75, 3.05) is 6.61 Å². The zero-order valence-corrected chi connectivity index (χ0v) is 16.2. The van der Waals surface area contributed by atoms with Crippen molar-refractivity contribution in [3.05, 3.63) is 75.6 Å². The first-order valence-corrected chi connectivity index (χ1v) is 9.25. The average Bonchev–Trinajstić information content (AvgIpc) is 2.72. The maximum Gasteiger partial charge on any atom is 0.416 e. The van der Waals surface area contributed by atoms with Gasteiger partial charge in [0.05, 0.1) is 23.1 Å². The van der Waals surface area contributed by atoms with Gasteiger partial charge in [0.2, 0.25) is 5.78 Å². The first-order chi connectivity index (χ1) is 14.6. The summed E-state index contributed by atoms with van der Waals surface area (Å²) >= 11 is 0. The van der Waals surface area contributed by atoms with Crippen LogP contribution in [0.25, 0.3) is 11.0 Å². The van der Waals surface area contributed by atoms with Gasteiger partial charge in [-0.15, -0.1) is 0 Å². The van der Waals surface area contributed by atoms with Crippen LogP contribution in [0.15, 0.2) is 57.7 Å². The Balaban J connectivity index is 2.15. The van der Waals surface area contributed by atoms with Crippen LogP contribution >= 0.6 is 0 Å². The Morgan fingerprint density at radius 3 is 2.35 bits per heavy atom. The summed E-state index contributed by atoms with van der Waals surface area (Å²) in [6, 6.07) is 9.85. The standard InChI is InChI=1S/C22H17F3O6/c1-2-30-20(28)16(26)11-15(12-7-9-13(10-8-12)22(23,24)25)18-19(27)14-5-3-4-6-17(14)31-21(18)29/h3-10,15,27H,2,11H2,1H3/t15-/m1/s1. The van der Waals surface area contributed by atoms with Crippen LogP contribution in [0, 0.1) is 0 Å². The summed E-state index contributed by atoms with van der Waals surface area (Å²) in [5.74, 6) is -3.86. The largest absolute Gasteiger partial charge is 0.507 e. The Kier molecular flexibility index (Phi) is 6.14. The van der Waals surface area contributed by atoms with Gasteiger partial charge in [-0.05, 0) is 36.8 Å². The first kappa shape index (κ1) is 22.1. The Bertz CT molecular complexity index is 1180. The molecule has 9 heteroatoms. The van der Waals surface area contributed by atoms with Gasteiger partial charge in [-0.25, -0.2) is 9.59 Å². The van der Waals surface area contributed by atoms with Crippen LogP contribution in [0.2, 0.25) is 0 Å². The van der Waals surface area contributed by atoms with Crippen molar-refractivity contribution in [2.45, 2.75) is 25.4 Å². The fourth-order valence-corrected chi connectivity index (χ4v) is 3.23. The van der Waals surface area contributed by atoms with E-state index >= 15 is 0 Å². The number of esters is 1. The minimum Gasteiger partial charge on any atom is -0.507 e. The molecule has 0 unspecified atom stereocenters. The number of ketones is 1. The first-order valence-electron chi connectivity index (χ1n) is 9.25. The third-order valence-electron chi connectivity index (χ3n) is 4.70. The molecule has 3 aromatic rings. The quantitative estimate of drug-likeness (QED) is 0.356. The zero-order chi connectivity index (χ0) is 22.8. The Morgan fingerprint density at radius 1 is 1.10 bits per heavy atom. The lowest BCUT2D eigenvalue weighted by molar-refractivity contribution is -0.153. The lowest BCUT2D eigenvalue weighted by Crippen LogP contribution is -2.23. The summed E-state index contributed by atoms with van der Waals surface area (Å²) in [4.78, 5) is 36.8. The monoisotopic (exact) mass is 434 g/mol. The van der Waals surface area contributed by atoms with Crippen molar-refractivity contribution in [3.63, 3.8) is 0 Å². The number of hydrogen-bond donors (Lipinski definition) is 1. The molecule has 0 bridgehead atoms. The lowest BCUT2D eigenvalue weighted by Gasteiger charge is -2.18. The molecule has 0 radical (unpaired) electrons. The molecule has 0 aliphatic rings. The SMILES string of the molecule is CCOC(=O)C(=O)C[C@H](c1ccc(C(F)(F)F)cc1)c1c(O)c2ccccc2oc1=O. The topological polar surface area (TPSA) is 93.8 Å². The Morgan fingerprint density at radius 2 is 1.74 bits per heavy atom. The lowest BCUT2D eigenvalue weighted by atomic mass is 9.86. The molecule has 1 heterocycles. The van der Waals surface area contributed by atoms with E-state index in [4.69, 9.17) is 4.42 Å². The number of fused-ring (bicyclic) bond motifs is 1. The van der Waals surface area contributed by atoms with E-state index in [0.717, 1.165) is 24.3 Å². The van der Waals surface area contributed by atoms with E-state index in [1.54, 1.807) is 12.1 Å². The molecule has 6 nitrogen and oxygen atoms in total. The molecule has 31 heavy (non-hydrogen) atoms. The summed E-state index contributed by atoms with van der Waals surface area (Å²) in [6.45, 7) is 1.45. The number of carbonyl (C=O) groups is 2. The third kappa shape index (κ3) is 4.60. The van der Waals surface area contributed by atoms with Crippen LogP contribution in [0.5, 0.6) is 5.75 Å². The van der Waals surface area contributed by atoms with E-state index in [9.17, 15) is 32.7 Å². The highest BCUT2D eigenvalue weighted by atomic mass is 19.4. The third-order valence-corrected chi connectivity index (χ3v) is 4.70. The zero-order valence-electron chi connectivity index (χ0n) is 16.2. The maximum absolute atomic E-state index is 12.9. The van der Waals surface area contributed by atoms with Gasteiger partial charge >= 0.3 is 17.8 Å². The number of benzene rings is 2. The van der Waals surface area contributed by atoms with Crippen LogP contribution < -0.4 is 5.63 Å². The van der Waals surface area contributed by atoms with Crippen molar-refractivity contribution in [1.82, 2.24) is 0 Å². The van der Waals surface area contributed by atoms with Gasteiger partial charge in [0.15, 0.2) is 0 Å². The highest BCUT2D eigenvalue weighted by molar-refractivity contribution is 6.33. The van der Waals surface area contributed by atoms with Gasteiger partial charge in [0.1, 0.15) is 11.3 Å². The summed E-state index contributed by atoms with van der Waals surface area (Å²) in [7, 11) is 0. The van der Waals surface area contributed by atoms with E-state index < -0.39 is 47.2 Å². The second-order valence-electron chi connectivity index (χ2n) is 6.67. The summed E-state index contributed by atoms with van der Waals surface area (Å²) < 4.78 is 48.7. The van der Waals surface area contributed by atoms with Gasteiger partial charge in [0.25, 0.3) is 0 Å². The summed E-state index contributed by atoms with van der Waals surface area (Å²) in [5, 5.41) is 10.9. The fourth-order valence-electron chi connectivity index (χ4n) is 3.23. The number of rotatable bonds is 6. The molecule has 0 saturated carbocycles. The van der Waals surface area contributed by atoms with E-state index in [2.05, 4.69) is 4.74 Å². The molecule has 1 aromatic heterocycles. The van der Waals surface area contributed by atoms with Crippen LogP contribution in [0.4, 0.5) is 13.2 Å². The van der Waals surface area contributed by atoms with Crippen molar-refractivity contribution in [1.29, 1.82) is 0 Å². The molecule has 1 atom stereocenters. The fraction of sp³-hybridized carbons (Fsp3) is 0.227. The molecule has 1 N–H and O–H groups in total. The minimum absolute atomic E-state index is 0.0567. The molecule has 0 fully saturated rings. The summed E-state index contributed by atoms with van der Waals surface area (Å²) in [6.07, 6.45) is -5.19. The number of aromatic hydroxyl groups is 1. The van der Waals surface area contributed by atoms with Gasteiger partial charge < -0.3 is 14.3 Å². The predicted octanol–water partition coefficient (Wildman–Crippen LogP) is 4.17. The number of carbonyl (C=O) groups excluding carboxylic acids is 2. The second kappa shape index (κ2) is 8.63. The number of halogens is 3. The molecule has 0 aliphatic carbocycles. The normalized spacial score (nSPS) is 12.5. The van der Waals surface area contributed by atoms with Gasteiger partial charge in [0, 0.05) is 12.3 Å². The molecule has 0 amide bonds. The van der Waals surface area contributed by atoms with Crippen molar-refractivity contribution in [2.24, 2.45) is 0 Å². The molecule has 162 valence electrons. The molecule has 3 rings (SSSR count). The van der Waals surface area contributed by atoms with Crippen molar-refractivity contribution >= 4 is 22.7 Å². The van der Waals surface area contributed by atoms with Crippen LogP contribution in [-0.4, -0.2) is 23.5 Å². The smallest absolute Gasteiger partial charge is 0.416 e. The van der Waals surface area contributed by atoms with Crippen LogP contribution in [-0.2, 0) is 20.5 Å². The Hall–Kier alpha value is -3.62. The molecule has 0 aliphatic heterocycles. The number of hydrogen-bond acceptors (Lipinski definition) is 6. The molecule has 0 spiro atoms. The van der Waals surface area contributed by atoms with Gasteiger partial charge in [-0.3, -0.25) is 4.79 Å². The van der Waals surface area contributed by atoms with E-state index in [1.165, 1.54) is 19.1 Å². The number of Topliss-reactive ketones (excluding diaryl/α,β-unsaturated/α-hetero) is 1. The van der Waals surface area contributed by atoms with E-state index in [-0.39, 0.29) is 28.7 Å². The van der Waals surface area contributed by atoms with Crippen molar-refractivity contribution < 1.29 is 37.0 Å². The number of alkyl halides is 3. The van der Waals surface area contributed by atoms with Crippen LogP contribution in [0.3, 0.4) is 0 Å². The minimum atomic E-state index is -4.58.